The number of carbonyl (C=O) groups is 1. The van der Waals surface area contributed by atoms with Gasteiger partial charge in [-0.05, 0) is 30.7 Å². The number of thiophene rings is 1. The van der Waals surface area contributed by atoms with Crippen molar-refractivity contribution in [2.45, 2.75) is 18.4 Å². The number of amides is 1. The van der Waals surface area contributed by atoms with E-state index in [1.165, 1.54) is 23.5 Å². The molecule has 0 saturated carbocycles. The molecule has 1 amide bonds. The summed E-state index contributed by atoms with van der Waals surface area (Å²) in [6.45, 7) is 2.14. The Bertz CT molecular complexity index is 745. The summed E-state index contributed by atoms with van der Waals surface area (Å²) < 4.78 is 22.3. The van der Waals surface area contributed by atoms with Crippen molar-refractivity contribution in [1.82, 2.24) is 5.32 Å². The lowest BCUT2D eigenvalue weighted by molar-refractivity contribution is 0.0955. The first-order chi connectivity index (χ1) is 9.77. The lowest BCUT2D eigenvalue weighted by Crippen LogP contribution is -2.21. The number of carbonyl (C=O) groups excluding carboxylic acids is 1. The monoisotopic (exact) mass is 325 g/mol. The van der Waals surface area contributed by atoms with Crippen LogP contribution in [0.1, 0.15) is 20.1 Å². The normalized spacial score (nSPS) is 11.3. The molecular weight excluding hydrogens is 310 g/mol. The molecule has 0 bridgehead atoms. The molecule has 0 fully saturated rings. The number of anilines is 1. The average molecular weight is 325 g/mol. The number of nitrogens with one attached hydrogen (secondary N) is 1. The second-order valence-electron chi connectivity index (χ2n) is 4.49. The van der Waals surface area contributed by atoms with Crippen molar-refractivity contribution in [3.63, 3.8) is 0 Å². The van der Waals surface area contributed by atoms with Gasteiger partial charge in [0.25, 0.3) is 5.91 Å². The van der Waals surface area contributed by atoms with E-state index in [1.54, 1.807) is 18.2 Å². The molecule has 2 aromatic rings. The van der Waals surface area contributed by atoms with Crippen LogP contribution in [0.25, 0.3) is 0 Å². The second kappa shape index (κ2) is 5.84. The van der Waals surface area contributed by atoms with Crippen LogP contribution in [0.2, 0.25) is 0 Å². The lowest BCUT2D eigenvalue weighted by Gasteiger charge is -2.05. The Morgan fingerprint density at radius 3 is 2.38 bits per heavy atom. The quantitative estimate of drug-likeness (QED) is 0.783. The smallest absolute Gasteiger partial charge is 0.261 e. The van der Waals surface area contributed by atoms with Crippen molar-refractivity contribution in [3.05, 3.63) is 45.6 Å². The summed E-state index contributed by atoms with van der Waals surface area (Å²) in [5, 5.41) is 7.76. The lowest BCUT2D eigenvalue weighted by atomic mass is 10.2. The molecule has 2 rings (SSSR count). The number of hydrogen-bond acceptors (Lipinski definition) is 5. The van der Waals surface area contributed by atoms with E-state index in [1.807, 2.05) is 6.92 Å². The number of aryl methyl sites for hydroxylation is 1. The molecule has 8 heteroatoms. The highest BCUT2D eigenvalue weighted by atomic mass is 32.2. The van der Waals surface area contributed by atoms with Gasteiger partial charge >= 0.3 is 0 Å². The minimum atomic E-state index is -3.70. The molecule has 1 aromatic heterocycles. The number of benzene rings is 1. The first-order valence-corrected chi connectivity index (χ1v) is 8.39. The van der Waals surface area contributed by atoms with Gasteiger partial charge in [-0.25, -0.2) is 13.6 Å². The molecule has 1 aromatic carbocycles. The Balaban J connectivity index is 2.01. The maximum atomic E-state index is 11.9. The summed E-state index contributed by atoms with van der Waals surface area (Å²) in [7, 11) is -3.70. The third kappa shape index (κ3) is 3.81. The Kier molecular flexibility index (Phi) is 4.31. The molecule has 6 nitrogen and oxygen atoms in total. The zero-order valence-electron chi connectivity index (χ0n) is 11.3. The SMILES string of the molecule is Cc1sc(C(=O)NCc2ccc(S(N)(=O)=O)cc2)cc1N. The van der Waals surface area contributed by atoms with Crippen LogP contribution in [0.5, 0.6) is 0 Å². The van der Waals surface area contributed by atoms with Crippen molar-refractivity contribution in [2.24, 2.45) is 5.14 Å². The van der Waals surface area contributed by atoms with Crippen LogP contribution in [0.3, 0.4) is 0 Å². The molecule has 0 aliphatic rings. The van der Waals surface area contributed by atoms with E-state index in [0.717, 1.165) is 10.4 Å². The van der Waals surface area contributed by atoms with Gasteiger partial charge in [0.05, 0.1) is 9.77 Å². The highest BCUT2D eigenvalue weighted by Crippen LogP contribution is 2.23. The molecule has 1 heterocycles. The predicted molar refractivity (Wildman–Crippen MR) is 82.5 cm³/mol. The fraction of sp³-hybridized carbons (Fsp3) is 0.154. The zero-order valence-corrected chi connectivity index (χ0v) is 12.9. The molecule has 21 heavy (non-hydrogen) atoms. The molecule has 0 spiro atoms. The van der Waals surface area contributed by atoms with Crippen LogP contribution >= 0.6 is 11.3 Å². The maximum absolute atomic E-state index is 11.9. The first-order valence-electron chi connectivity index (χ1n) is 6.03. The third-order valence-electron chi connectivity index (χ3n) is 2.88. The summed E-state index contributed by atoms with van der Waals surface area (Å²) in [6.07, 6.45) is 0. The van der Waals surface area contributed by atoms with Crippen molar-refractivity contribution in [2.75, 3.05) is 5.73 Å². The average Bonchev–Trinajstić information content (AvgIpc) is 2.75. The van der Waals surface area contributed by atoms with E-state index in [-0.39, 0.29) is 10.8 Å². The number of hydrogen-bond donors (Lipinski definition) is 3. The molecule has 0 saturated heterocycles. The number of sulfonamides is 1. The fourth-order valence-corrected chi connectivity index (χ4v) is 3.05. The molecule has 5 N–H and O–H groups in total. The molecule has 112 valence electrons. The largest absolute Gasteiger partial charge is 0.398 e. The van der Waals surface area contributed by atoms with Gasteiger partial charge in [-0.2, -0.15) is 0 Å². The Hall–Kier alpha value is -1.90. The molecule has 0 aliphatic carbocycles. The van der Waals surface area contributed by atoms with Crippen molar-refractivity contribution >= 4 is 33.0 Å². The van der Waals surface area contributed by atoms with Gasteiger partial charge in [0, 0.05) is 17.1 Å². The van der Waals surface area contributed by atoms with E-state index in [9.17, 15) is 13.2 Å². The second-order valence-corrected chi connectivity index (χ2v) is 7.31. The van der Waals surface area contributed by atoms with Gasteiger partial charge in [-0.15, -0.1) is 11.3 Å². The molecule has 0 aliphatic heterocycles. The summed E-state index contributed by atoms with van der Waals surface area (Å²) in [4.78, 5) is 13.4. The van der Waals surface area contributed by atoms with Gasteiger partial charge < -0.3 is 11.1 Å². The van der Waals surface area contributed by atoms with Crippen LogP contribution in [0.15, 0.2) is 35.2 Å². The molecular formula is C13H15N3O3S2. The van der Waals surface area contributed by atoms with Gasteiger partial charge in [-0.3, -0.25) is 4.79 Å². The molecule has 0 unspecified atom stereocenters. The van der Waals surface area contributed by atoms with Crippen LogP contribution in [-0.4, -0.2) is 14.3 Å². The van der Waals surface area contributed by atoms with Gasteiger partial charge in [-0.1, -0.05) is 12.1 Å². The third-order valence-corrected chi connectivity index (χ3v) is 4.88. The van der Waals surface area contributed by atoms with Crippen molar-refractivity contribution < 1.29 is 13.2 Å². The van der Waals surface area contributed by atoms with Crippen LogP contribution < -0.4 is 16.2 Å². The molecule has 0 atom stereocenters. The van der Waals surface area contributed by atoms with Crippen LogP contribution in [-0.2, 0) is 16.6 Å². The van der Waals surface area contributed by atoms with E-state index in [4.69, 9.17) is 10.9 Å². The van der Waals surface area contributed by atoms with E-state index < -0.39 is 10.0 Å². The summed E-state index contributed by atoms with van der Waals surface area (Å²) in [5.41, 5.74) is 7.08. The highest BCUT2D eigenvalue weighted by molar-refractivity contribution is 7.89. The van der Waals surface area contributed by atoms with Gasteiger partial charge in [0.2, 0.25) is 10.0 Å². The minimum absolute atomic E-state index is 0.0410. The van der Waals surface area contributed by atoms with Crippen LogP contribution in [0, 0.1) is 6.92 Å². The summed E-state index contributed by atoms with van der Waals surface area (Å²) in [6, 6.07) is 7.66. The molecule has 0 radical (unpaired) electrons. The van der Waals surface area contributed by atoms with E-state index >= 15 is 0 Å². The Morgan fingerprint density at radius 2 is 1.90 bits per heavy atom. The number of nitrogen functional groups attached to an aromatic ring is 1. The number of primary sulfonamides is 1. The topological polar surface area (TPSA) is 115 Å². The maximum Gasteiger partial charge on any atom is 0.261 e. The highest BCUT2D eigenvalue weighted by Gasteiger charge is 2.11. The standard InChI is InChI=1S/C13H15N3O3S2/c1-8-11(14)6-12(20-8)13(17)16-7-9-2-4-10(5-3-9)21(15,18)19/h2-6H,7,14H2,1H3,(H,16,17)(H2,15,18,19). The Labute approximate surface area is 126 Å². The van der Waals surface area contributed by atoms with Crippen molar-refractivity contribution in [3.8, 4) is 0 Å². The summed E-state index contributed by atoms with van der Waals surface area (Å²) >= 11 is 1.33. The van der Waals surface area contributed by atoms with E-state index in [0.29, 0.717) is 17.1 Å². The first kappa shape index (κ1) is 15.5. The number of nitrogens with two attached hydrogens (primary N) is 2. The zero-order chi connectivity index (χ0) is 15.6. The van der Waals surface area contributed by atoms with Crippen molar-refractivity contribution in [1.29, 1.82) is 0 Å². The fourth-order valence-electron chi connectivity index (χ4n) is 1.67. The van der Waals surface area contributed by atoms with Gasteiger partial charge in [0.1, 0.15) is 0 Å². The minimum Gasteiger partial charge on any atom is -0.398 e. The number of rotatable bonds is 4. The summed E-state index contributed by atoms with van der Waals surface area (Å²) in [5.74, 6) is -0.213. The van der Waals surface area contributed by atoms with Gasteiger partial charge in [0.15, 0.2) is 0 Å². The Morgan fingerprint density at radius 1 is 1.29 bits per heavy atom. The van der Waals surface area contributed by atoms with Crippen LogP contribution in [0.4, 0.5) is 5.69 Å². The predicted octanol–water partition coefficient (Wildman–Crippen LogP) is 1.22. The van der Waals surface area contributed by atoms with E-state index in [2.05, 4.69) is 5.32 Å².